The van der Waals surface area contributed by atoms with Crippen LogP contribution in [0, 0.1) is 0 Å². The summed E-state index contributed by atoms with van der Waals surface area (Å²) in [5.74, 6) is 0.995. The molecule has 0 spiro atoms. The number of hydrogen-bond acceptors (Lipinski definition) is 3. The van der Waals surface area contributed by atoms with Crippen LogP contribution in [-0.2, 0) is 19.4 Å². The van der Waals surface area contributed by atoms with Crippen molar-refractivity contribution in [2.75, 3.05) is 0 Å². The Morgan fingerprint density at radius 3 is 2.79 bits per heavy atom. The molecule has 0 amide bonds. The summed E-state index contributed by atoms with van der Waals surface area (Å²) in [7, 11) is 0. The monoisotopic (exact) mass is 258 g/mol. The molecule has 4 heteroatoms. The van der Waals surface area contributed by atoms with E-state index in [1.807, 2.05) is 10.7 Å². The molecule has 0 aliphatic rings. The fourth-order valence-corrected chi connectivity index (χ4v) is 2.26. The van der Waals surface area contributed by atoms with E-state index in [1.54, 1.807) is 6.33 Å². The highest BCUT2D eigenvalue weighted by Crippen LogP contribution is 2.08. The summed E-state index contributed by atoms with van der Waals surface area (Å²) in [6.07, 6.45) is 5.64. The zero-order valence-corrected chi connectivity index (χ0v) is 11.5. The van der Waals surface area contributed by atoms with Crippen LogP contribution in [0.15, 0.2) is 36.7 Å². The lowest BCUT2D eigenvalue weighted by atomic mass is 10.0. The second-order valence-corrected chi connectivity index (χ2v) is 4.83. The van der Waals surface area contributed by atoms with E-state index in [0.717, 1.165) is 38.1 Å². The van der Waals surface area contributed by atoms with Crippen molar-refractivity contribution in [1.82, 2.24) is 14.8 Å². The molecule has 0 bridgehead atoms. The molecule has 1 unspecified atom stereocenters. The second kappa shape index (κ2) is 7.04. The Kier molecular flexibility index (Phi) is 5.10. The Balaban J connectivity index is 1.74. The zero-order chi connectivity index (χ0) is 13.5. The molecule has 1 atom stereocenters. The first-order valence-corrected chi connectivity index (χ1v) is 6.95. The number of nitrogens with two attached hydrogens (primary N) is 1. The SMILES string of the molecule is CCn1ncnc1CC(N)CCCc1ccccc1. The van der Waals surface area contributed by atoms with Crippen molar-refractivity contribution in [2.24, 2.45) is 5.73 Å². The Labute approximate surface area is 114 Å². The highest BCUT2D eigenvalue weighted by Gasteiger charge is 2.09. The summed E-state index contributed by atoms with van der Waals surface area (Å²) in [5, 5.41) is 4.17. The van der Waals surface area contributed by atoms with Gasteiger partial charge in [0.15, 0.2) is 0 Å². The average molecular weight is 258 g/mol. The summed E-state index contributed by atoms with van der Waals surface area (Å²) in [6, 6.07) is 10.7. The predicted octanol–water partition coefficient (Wildman–Crippen LogP) is 2.19. The van der Waals surface area contributed by atoms with Crippen LogP contribution in [0.25, 0.3) is 0 Å². The van der Waals surface area contributed by atoms with Gasteiger partial charge in [0.05, 0.1) is 0 Å². The van der Waals surface area contributed by atoms with E-state index in [2.05, 4.69) is 41.3 Å². The third-order valence-electron chi connectivity index (χ3n) is 3.32. The predicted molar refractivity (Wildman–Crippen MR) is 76.8 cm³/mol. The fraction of sp³-hybridized carbons (Fsp3) is 0.467. The van der Waals surface area contributed by atoms with Gasteiger partial charge in [-0.1, -0.05) is 30.3 Å². The first kappa shape index (κ1) is 13.7. The molecule has 0 saturated heterocycles. The molecular weight excluding hydrogens is 236 g/mol. The number of rotatable bonds is 7. The highest BCUT2D eigenvalue weighted by molar-refractivity contribution is 5.14. The van der Waals surface area contributed by atoms with Gasteiger partial charge < -0.3 is 5.73 Å². The topological polar surface area (TPSA) is 56.7 Å². The van der Waals surface area contributed by atoms with Crippen LogP contribution in [0.3, 0.4) is 0 Å². The van der Waals surface area contributed by atoms with Gasteiger partial charge in [-0.3, -0.25) is 4.68 Å². The van der Waals surface area contributed by atoms with Crippen molar-refractivity contribution in [3.05, 3.63) is 48.0 Å². The molecule has 0 radical (unpaired) electrons. The Morgan fingerprint density at radius 1 is 1.26 bits per heavy atom. The van der Waals surface area contributed by atoms with Gasteiger partial charge in [-0.25, -0.2) is 4.98 Å². The van der Waals surface area contributed by atoms with E-state index in [9.17, 15) is 0 Å². The van der Waals surface area contributed by atoms with Gasteiger partial charge in [-0.15, -0.1) is 0 Å². The van der Waals surface area contributed by atoms with Crippen LogP contribution in [-0.4, -0.2) is 20.8 Å². The van der Waals surface area contributed by atoms with E-state index < -0.39 is 0 Å². The van der Waals surface area contributed by atoms with E-state index in [4.69, 9.17) is 5.73 Å². The molecule has 0 aliphatic heterocycles. The molecule has 4 nitrogen and oxygen atoms in total. The minimum atomic E-state index is 0.165. The van der Waals surface area contributed by atoms with Crippen LogP contribution in [0.2, 0.25) is 0 Å². The summed E-state index contributed by atoms with van der Waals surface area (Å²) < 4.78 is 1.91. The maximum absolute atomic E-state index is 6.17. The summed E-state index contributed by atoms with van der Waals surface area (Å²) in [6.45, 7) is 2.92. The van der Waals surface area contributed by atoms with E-state index in [0.29, 0.717) is 0 Å². The lowest BCUT2D eigenvalue weighted by Crippen LogP contribution is -2.25. The largest absolute Gasteiger partial charge is 0.327 e. The van der Waals surface area contributed by atoms with Crippen molar-refractivity contribution >= 4 is 0 Å². The molecule has 2 aromatic rings. The first-order valence-electron chi connectivity index (χ1n) is 6.95. The lowest BCUT2D eigenvalue weighted by molar-refractivity contribution is 0.533. The molecule has 1 heterocycles. The van der Waals surface area contributed by atoms with Gasteiger partial charge in [0.2, 0.25) is 0 Å². The van der Waals surface area contributed by atoms with Crippen molar-refractivity contribution < 1.29 is 0 Å². The Morgan fingerprint density at radius 2 is 2.05 bits per heavy atom. The number of aromatic nitrogens is 3. The number of benzene rings is 1. The first-order chi connectivity index (χ1) is 9.29. The van der Waals surface area contributed by atoms with Gasteiger partial charge >= 0.3 is 0 Å². The summed E-state index contributed by atoms with van der Waals surface area (Å²) in [4.78, 5) is 4.27. The second-order valence-electron chi connectivity index (χ2n) is 4.83. The van der Waals surface area contributed by atoms with E-state index in [-0.39, 0.29) is 6.04 Å². The molecule has 1 aromatic carbocycles. The Bertz CT molecular complexity index is 478. The standard InChI is InChI=1S/C15H22N4/c1-2-19-15(17-12-18-19)11-14(16)10-6-9-13-7-4-3-5-8-13/h3-5,7-8,12,14H,2,6,9-11,16H2,1H3. The van der Waals surface area contributed by atoms with E-state index in [1.165, 1.54) is 5.56 Å². The van der Waals surface area contributed by atoms with E-state index >= 15 is 0 Å². The molecule has 0 saturated carbocycles. The van der Waals surface area contributed by atoms with Crippen molar-refractivity contribution in [2.45, 2.75) is 45.2 Å². The van der Waals surface area contributed by atoms with Gasteiger partial charge in [0, 0.05) is 19.0 Å². The van der Waals surface area contributed by atoms with Crippen LogP contribution in [0.4, 0.5) is 0 Å². The summed E-state index contributed by atoms with van der Waals surface area (Å²) in [5.41, 5.74) is 7.55. The van der Waals surface area contributed by atoms with Crippen LogP contribution < -0.4 is 5.73 Å². The molecule has 2 rings (SSSR count). The van der Waals surface area contributed by atoms with Gasteiger partial charge in [0.1, 0.15) is 12.2 Å². The van der Waals surface area contributed by atoms with Crippen LogP contribution in [0.1, 0.15) is 31.2 Å². The smallest absolute Gasteiger partial charge is 0.138 e. The van der Waals surface area contributed by atoms with Gasteiger partial charge in [-0.05, 0) is 31.7 Å². The molecule has 0 aliphatic carbocycles. The molecule has 2 N–H and O–H groups in total. The van der Waals surface area contributed by atoms with Crippen molar-refractivity contribution in [3.63, 3.8) is 0 Å². The third kappa shape index (κ3) is 4.17. The van der Waals surface area contributed by atoms with Crippen LogP contribution >= 0.6 is 0 Å². The Hall–Kier alpha value is -1.68. The molecular formula is C15H22N4. The quantitative estimate of drug-likeness (QED) is 0.828. The number of hydrogen-bond donors (Lipinski definition) is 1. The average Bonchev–Trinajstić information content (AvgIpc) is 2.87. The molecule has 0 fully saturated rings. The van der Waals surface area contributed by atoms with Gasteiger partial charge in [-0.2, -0.15) is 5.10 Å². The lowest BCUT2D eigenvalue weighted by Gasteiger charge is -2.11. The van der Waals surface area contributed by atoms with Crippen molar-refractivity contribution in [1.29, 1.82) is 0 Å². The van der Waals surface area contributed by atoms with Crippen LogP contribution in [0.5, 0.6) is 0 Å². The fourth-order valence-electron chi connectivity index (χ4n) is 2.26. The third-order valence-corrected chi connectivity index (χ3v) is 3.32. The number of nitrogens with zero attached hydrogens (tertiary/aromatic N) is 3. The minimum Gasteiger partial charge on any atom is -0.327 e. The molecule has 19 heavy (non-hydrogen) atoms. The molecule has 1 aromatic heterocycles. The van der Waals surface area contributed by atoms with Gasteiger partial charge in [0.25, 0.3) is 0 Å². The maximum atomic E-state index is 6.17. The normalized spacial score (nSPS) is 12.5. The minimum absolute atomic E-state index is 0.165. The summed E-state index contributed by atoms with van der Waals surface area (Å²) >= 11 is 0. The molecule has 102 valence electrons. The maximum Gasteiger partial charge on any atom is 0.138 e. The van der Waals surface area contributed by atoms with Crippen molar-refractivity contribution in [3.8, 4) is 0 Å². The highest BCUT2D eigenvalue weighted by atomic mass is 15.3. The zero-order valence-electron chi connectivity index (χ0n) is 11.5. The number of aryl methyl sites for hydroxylation is 2.